The van der Waals surface area contributed by atoms with Crippen molar-refractivity contribution in [3.8, 4) is 12.1 Å². The molecule has 1 heterocycles. The van der Waals surface area contributed by atoms with Gasteiger partial charge in [0.25, 0.3) is 0 Å². The molecule has 0 saturated heterocycles. The van der Waals surface area contributed by atoms with E-state index in [0.29, 0.717) is 6.20 Å². The van der Waals surface area contributed by atoms with E-state index in [1.54, 1.807) is 0 Å². The lowest BCUT2D eigenvalue weighted by Crippen LogP contribution is -2.15. The van der Waals surface area contributed by atoms with Crippen LogP contribution in [0, 0.1) is 28.6 Å². The van der Waals surface area contributed by atoms with Gasteiger partial charge in [-0.15, -0.1) is 0 Å². The maximum absolute atomic E-state index is 12.9. The summed E-state index contributed by atoms with van der Waals surface area (Å²) in [7, 11) is 0. The molecule has 1 aromatic heterocycles. The summed E-state index contributed by atoms with van der Waals surface area (Å²) >= 11 is 0. The summed E-state index contributed by atoms with van der Waals surface area (Å²) in [6.07, 6.45) is -5.00. The fraction of sp³-hybridized carbons (Fsp3) is 0.222. The monoisotopic (exact) mass is 229 g/mol. The standard InChI is InChI=1S/C9H3F4N3/c10-8-7(9(11,12)13)6(1-2-14)5(3-15)4-16-8/h4H,1H2. The van der Waals surface area contributed by atoms with Crippen LogP contribution < -0.4 is 0 Å². The Kier molecular flexibility index (Phi) is 3.09. The number of nitriles is 2. The second-order valence-corrected chi connectivity index (χ2v) is 2.76. The third-order valence-electron chi connectivity index (χ3n) is 1.80. The van der Waals surface area contributed by atoms with Gasteiger partial charge in [-0.2, -0.15) is 28.1 Å². The molecule has 82 valence electrons. The molecule has 1 aromatic rings. The molecule has 7 heteroatoms. The Bertz CT molecular complexity index is 493. The van der Waals surface area contributed by atoms with E-state index in [4.69, 9.17) is 10.5 Å². The Hall–Kier alpha value is -2.15. The van der Waals surface area contributed by atoms with E-state index in [1.807, 2.05) is 0 Å². The topological polar surface area (TPSA) is 60.5 Å². The Morgan fingerprint density at radius 2 is 1.94 bits per heavy atom. The first-order valence-electron chi connectivity index (χ1n) is 3.93. The van der Waals surface area contributed by atoms with Crippen LogP contribution >= 0.6 is 0 Å². The van der Waals surface area contributed by atoms with Crippen molar-refractivity contribution >= 4 is 0 Å². The molecule has 0 aliphatic rings. The quantitative estimate of drug-likeness (QED) is 0.547. The molecule has 0 unspecified atom stereocenters. The van der Waals surface area contributed by atoms with Gasteiger partial charge in [0.2, 0.25) is 5.95 Å². The molecular formula is C9H3F4N3. The van der Waals surface area contributed by atoms with Crippen molar-refractivity contribution in [2.24, 2.45) is 0 Å². The van der Waals surface area contributed by atoms with E-state index in [0.717, 1.165) is 0 Å². The first-order valence-corrected chi connectivity index (χ1v) is 3.93. The van der Waals surface area contributed by atoms with Crippen LogP contribution in [0.2, 0.25) is 0 Å². The van der Waals surface area contributed by atoms with Crippen molar-refractivity contribution in [1.29, 1.82) is 10.5 Å². The fourth-order valence-electron chi connectivity index (χ4n) is 1.17. The van der Waals surface area contributed by atoms with E-state index < -0.39 is 35.2 Å². The van der Waals surface area contributed by atoms with Gasteiger partial charge in [0.05, 0.1) is 18.1 Å². The molecular weight excluding hydrogens is 226 g/mol. The molecule has 0 spiro atoms. The lowest BCUT2D eigenvalue weighted by Gasteiger charge is -2.11. The number of nitrogens with zero attached hydrogens (tertiary/aromatic N) is 3. The number of rotatable bonds is 1. The molecule has 16 heavy (non-hydrogen) atoms. The van der Waals surface area contributed by atoms with Crippen LogP contribution in [0.15, 0.2) is 6.20 Å². The molecule has 3 nitrogen and oxygen atoms in total. The largest absolute Gasteiger partial charge is 0.421 e. The molecule has 0 fully saturated rings. The van der Waals surface area contributed by atoms with Gasteiger partial charge < -0.3 is 0 Å². The van der Waals surface area contributed by atoms with E-state index in [1.165, 1.54) is 12.1 Å². The molecule has 0 aliphatic heterocycles. The average Bonchev–Trinajstić information content (AvgIpc) is 2.16. The first-order chi connectivity index (χ1) is 7.41. The van der Waals surface area contributed by atoms with Crippen LogP contribution in [-0.2, 0) is 12.6 Å². The van der Waals surface area contributed by atoms with Crippen LogP contribution in [0.4, 0.5) is 17.6 Å². The number of alkyl halides is 3. The molecule has 0 saturated carbocycles. The SMILES string of the molecule is N#CCc1c(C#N)cnc(F)c1C(F)(F)F. The molecule has 0 N–H and O–H groups in total. The van der Waals surface area contributed by atoms with Crippen LogP contribution in [0.3, 0.4) is 0 Å². The molecule has 0 amide bonds. The highest BCUT2D eigenvalue weighted by Gasteiger charge is 2.38. The van der Waals surface area contributed by atoms with Crippen molar-refractivity contribution in [3.05, 3.63) is 28.8 Å². The first kappa shape index (κ1) is 11.9. The van der Waals surface area contributed by atoms with E-state index in [2.05, 4.69) is 4.98 Å². The zero-order valence-electron chi connectivity index (χ0n) is 7.64. The van der Waals surface area contributed by atoms with E-state index >= 15 is 0 Å². The Balaban J connectivity index is 3.57. The summed E-state index contributed by atoms with van der Waals surface area (Å²) in [4.78, 5) is 2.84. The normalized spacial score (nSPS) is 10.6. The van der Waals surface area contributed by atoms with Gasteiger partial charge in [-0.1, -0.05) is 0 Å². The number of halogens is 4. The highest BCUT2D eigenvalue weighted by atomic mass is 19.4. The third-order valence-corrected chi connectivity index (χ3v) is 1.80. The Morgan fingerprint density at radius 3 is 2.38 bits per heavy atom. The minimum Gasteiger partial charge on any atom is -0.226 e. The summed E-state index contributed by atoms with van der Waals surface area (Å²) in [5.41, 5.74) is -2.77. The second-order valence-electron chi connectivity index (χ2n) is 2.76. The van der Waals surface area contributed by atoms with Crippen LogP contribution in [0.25, 0.3) is 0 Å². The predicted octanol–water partition coefficient (Wildman–Crippen LogP) is 2.18. The average molecular weight is 229 g/mol. The van der Waals surface area contributed by atoms with Crippen molar-refractivity contribution in [3.63, 3.8) is 0 Å². The highest BCUT2D eigenvalue weighted by Crippen LogP contribution is 2.34. The summed E-state index contributed by atoms with van der Waals surface area (Å²) in [6.45, 7) is 0. The minimum atomic E-state index is -4.98. The van der Waals surface area contributed by atoms with Gasteiger partial charge in [-0.3, -0.25) is 0 Å². The van der Waals surface area contributed by atoms with Crippen LogP contribution in [-0.4, -0.2) is 4.98 Å². The van der Waals surface area contributed by atoms with Crippen molar-refractivity contribution in [2.45, 2.75) is 12.6 Å². The van der Waals surface area contributed by atoms with Crippen LogP contribution in [0.1, 0.15) is 16.7 Å². The van der Waals surface area contributed by atoms with Gasteiger partial charge >= 0.3 is 6.18 Å². The molecule has 1 rings (SSSR count). The van der Waals surface area contributed by atoms with Gasteiger partial charge in [-0.25, -0.2) is 4.98 Å². The summed E-state index contributed by atoms with van der Waals surface area (Å²) in [5.74, 6) is -1.73. The fourth-order valence-corrected chi connectivity index (χ4v) is 1.17. The van der Waals surface area contributed by atoms with Crippen molar-refractivity contribution < 1.29 is 17.6 Å². The second kappa shape index (κ2) is 4.15. The number of aromatic nitrogens is 1. The lowest BCUT2D eigenvalue weighted by atomic mass is 10.0. The predicted molar refractivity (Wildman–Crippen MR) is 43.2 cm³/mol. The number of pyridine rings is 1. The van der Waals surface area contributed by atoms with E-state index in [9.17, 15) is 17.6 Å². The van der Waals surface area contributed by atoms with Crippen LogP contribution in [0.5, 0.6) is 0 Å². The Labute approximate surface area is 87.6 Å². The third kappa shape index (κ3) is 2.09. The summed E-state index contributed by atoms with van der Waals surface area (Å²) in [5, 5.41) is 16.9. The van der Waals surface area contributed by atoms with Gasteiger partial charge in [-0.05, 0) is 0 Å². The van der Waals surface area contributed by atoms with Gasteiger partial charge in [0, 0.05) is 11.8 Å². The zero-order valence-corrected chi connectivity index (χ0v) is 7.64. The maximum atomic E-state index is 12.9. The smallest absolute Gasteiger partial charge is 0.226 e. The summed E-state index contributed by atoms with van der Waals surface area (Å²) in [6, 6.07) is 2.89. The van der Waals surface area contributed by atoms with E-state index in [-0.39, 0.29) is 0 Å². The molecule has 0 bridgehead atoms. The molecule has 0 atom stereocenters. The summed E-state index contributed by atoms with van der Waals surface area (Å²) < 4.78 is 50.3. The zero-order chi connectivity index (χ0) is 12.3. The van der Waals surface area contributed by atoms with Crippen molar-refractivity contribution in [2.75, 3.05) is 0 Å². The maximum Gasteiger partial charge on any atom is 0.421 e. The number of hydrogen-bond acceptors (Lipinski definition) is 3. The lowest BCUT2D eigenvalue weighted by molar-refractivity contribution is -0.141. The van der Waals surface area contributed by atoms with Gasteiger partial charge in [0.1, 0.15) is 11.6 Å². The van der Waals surface area contributed by atoms with Crippen molar-refractivity contribution in [1.82, 2.24) is 4.98 Å². The Morgan fingerprint density at radius 1 is 1.31 bits per heavy atom. The minimum absolute atomic E-state index is 0.449. The molecule has 0 aromatic carbocycles. The van der Waals surface area contributed by atoms with Gasteiger partial charge in [0.15, 0.2) is 0 Å². The highest BCUT2D eigenvalue weighted by molar-refractivity contribution is 5.43. The molecule has 0 radical (unpaired) electrons. The number of hydrogen-bond donors (Lipinski definition) is 0. The molecule has 0 aliphatic carbocycles.